The summed E-state index contributed by atoms with van der Waals surface area (Å²) in [6.45, 7) is 0.492. The van der Waals surface area contributed by atoms with Gasteiger partial charge in [0.2, 0.25) is 5.91 Å². The highest BCUT2D eigenvalue weighted by Crippen LogP contribution is 2.49. The molecule has 1 fully saturated rings. The summed E-state index contributed by atoms with van der Waals surface area (Å²) in [7, 11) is 0. The number of alkyl halides is 3. The van der Waals surface area contributed by atoms with Crippen LogP contribution in [0.4, 0.5) is 13.2 Å². The van der Waals surface area contributed by atoms with E-state index >= 15 is 0 Å². The average molecular weight is 434 g/mol. The molecule has 3 atom stereocenters. The van der Waals surface area contributed by atoms with Crippen molar-refractivity contribution in [2.24, 2.45) is 5.92 Å². The maximum absolute atomic E-state index is 12.4. The second-order valence-corrected chi connectivity index (χ2v) is 8.66. The van der Waals surface area contributed by atoms with Crippen LogP contribution in [-0.2, 0) is 4.79 Å². The zero-order valence-electron chi connectivity index (χ0n) is 16.3. The third-order valence-corrected chi connectivity index (χ3v) is 6.33. The smallest absolute Gasteiger partial charge is 0.422 e. The molecule has 0 bridgehead atoms. The van der Waals surface area contributed by atoms with Crippen LogP contribution in [0.5, 0.6) is 5.06 Å². The Morgan fingerprint density at radius 2 is 2.03 bits per heavy atom. The van der Waals surface area contributed by atoms with Crippen LogP contribution < -0.4 is 10.1 Å². The van der Waals surface area contributed by atoms with E-state index in [-0.39, 0.29) is 22.9 Å². The largest absolute Gasteiger partial charge is 0.475 e. The topological polar surface area (TPSA) is 51.2 Å². The van der Waals surface area contributed by atoms with Crippen LogP contribution in [-0.4, -0.2) is 23.7 Å². The molecule has 8 heteroatoms. The molecular weight excluding hydrogens is 413 g/mol. The van der Waals surface area contributed by atoms with Crippen molar-refractivity contribution >= 4 is 28.1 Å². The van der Waals surface area contributed by atoms with Gasteiger partial charge in [0, 0.05) is 28.3 Å². The first kappa shape index (κ1) is 20.7. The van der Waals surface area contributed by atoms with Crippen molar-refractivity contribution in [2.45, 2.75) is 37.9 Å². The molecule has 1 aromatic carbocycles. The summed E-state index contributed by atoms with van der Waals surface area (Å²) in [4.78, 5) is 17.9. The van der Waals surface area contributed by atoms with Crippen LogP contribution in [0.25, 0.3) is 10.9 Å². The first-order chi connectivity index (χ1) is 14.3. The van der Waals surface area contributed by atoms with Crippen molar-refractivity contribution < 1.29 is 22.7 Å². The quantitative estimate of drug-likeness (QED) is 0.526. The highest BCUT2D eigenvalue weighted by molar-refractivity contribution is 7.13. The molecule has 1 N–H and O–H groups in total. The van der Waals surface area contributed by atoms with E-state index in [4.69, 9.17) is 9.72 Å². The number of thiophene rings is 1. The van der Waals surface area contributed by atoms with Gasteiger partial charge in [-0.1, -0.05) is 24.3 Å². The van der Waals surface area contributed by atoms with Crippen LogP contribution in [0.2, 0.25) is 0 Å². The third kappa shape index (κ3) is 5.11. The predicted molar refractivity (Wildman–Crippen MR) is 110 cm³/mol. The normalized spacial score (nSPS) is 19.5. The lowest BCUT2D eigenvalue weighted by molar-refractivity contribution is -0.152. The number of pyridine rings is 1. The van der Waals surface area contributed by atoms with Crippen molar-refractivity contribution in [3.8, 4) is 5.06 Å². The van der Waals surface area contributed by atoms with Gasteiger partial charge < -0.3 is 10.1 Å². The number of ether oxygens (including phenoxy) is 1. The Balaban J connectivity index is 1.28. The zero-order chi connectivity index (χ0) is 21.3. The second-order valence-electron chi connectivity index (χ2n) is 7.59. The van der Waals surface area contributed by atoms with E-state index in [0.717, 1.165) is 39.2 Å². The lowest BCUT2D eigenvalue weighted by atomic mass is 10.1. The number of rotatable bonds is 7. The Kier molecular flexibility index (Phi) is 5.69. The molecule has 0 spiro atoms. The number of hydrogen-bond acceptors (Lipinski definition) is 4. The number of benzene rings is 1. The van der Waals surface area contributed by atoms with Gasteiger partial charge in [0.25, 0.3) is 0 Å². The van der Waals surface area contributed by atoms with E-state index in [9.17, 15) is 18.0 Å². The van der Waals surface area contributed by atoms with Gasteiger partial charge in [0.05, 0.1) is 11.6 Å². The second kappa shape index (κ2) is 8.26. The molecule has 1 saturated carbocycles. The zero-order valence-corrected chi connectivity index (χ0v) is 17.1. The van der Waals surface area contributed by atoms with Crippen molar-refractivity contribution in [1.82, 2.24) is 10.3 Å². The molecule has 0 unspecified atom stereocenters. The molecule has 0 radical (unpaired) electrons. The first-order valence-electron chi connectivity index (χ1n) is 9.73. The van der Waals surface area contributed by atoms with Gasteiger partial charge >= 0.3 is 6.18 Å². The van der Waals surface area contributed by atoms with Gasteiger partial charge in [-0.05, 0) is 43.5 Å². The number of amides is 1. The summed E-state index contributed by atoms with van der Waals surface area (Å²) in [5.41, 5.74) is 1.98. The molecule has 30 heavy (non-hydrogen) atoms. The maximum Gasteiger partial charge on any atom is 0.422 e. The molecule has 1 aliphatic rings. The Morgan fingerprint density at radius 3 is 2.83 bits per heavy atom. The Bertz CT molecular complexity index is 1050. The number of nitrogens with zero attached hydrogens (tertiary/aromatic N) is 1. The number of carbonyl (C=O) groups is 1. The van der Waals surface area contributed by atoms with E-state index in [1.165, 1.54) is 6.07 Å². The number of halogens is 3. The molecule has 2 heterocycles. The van der Waals surface area contributed by atoms with Gasteiger partial charge in [-0.2, -0.15) is 13.2 Å². The highest BCUT2D eigenvalue weighted by Gasteiger charge is 2.40. The maximum atomic E-state index is 12.4. The highest BCUT2D eigenvalue weighted by atomic mass is 32.1. The van der Waals surface area contributed by atoms with Crippen LogP contribution in [0.3, 0.4) is 0 Å². The van der Waals surface area contributed by atoms with Gasteiger partial charge in [-0.3, -0.25) is 9.78 Å². The molecule has 4 rings (SSSR count). The summed E-state index contributed by atoms with van der Waals surface area (Å²) < 4.78 is 41.5. The minimum absolute atomic E-state index is 0.0676. The standard InChI is InChI=1S/C22H21F3N2O2S/c1-13(19-8-9-21(30-19)29-12-22(23,24)25)26-20(28)11-15-10-16(15)18-7-6-14-4-2-3-5-17(14)27-18/h2-9,13,15-16H,10-12H2,1H3,(H,26,28)/t13-,15-,16-/m1/s1. The van der Waals surface area contributed by atoms with Gasteiger partial charge in [0.1, 0.15) is 0 Å². The SMILES string of the molecule is C[C@@H](NC(=O)C[C@H]1C[C@H]1c1ccc2ccccc2n1)c1ccc(OCC(F)(F)F)s1. The molecule has 1 aliphatic carbocycles. The average Bonchev–Trinajstić information content (AvgIpc) is 3.28. The number of fused-ring (bicyclic) bond motifs is 1. The predicted octanol–water partition coefficient (Wildman–Crippen LogP) is 5.61. The Labute approximate surface area is 176 Å². The number of hydrogen-bond donors (Lipinski definition) is 1. The summed E-state index contributed by atoms with van der Waals surface area (Å²) in [5.74, 6) is 0.488. The van der Waals surface area contributed by atoms with E-state index in [1.807, 2.05) is 37.3 Å². The lowest BCUT2D eigenvalue weighted by Crippen LogP contribution is -2.26. The number of carbonyl (C=O) groups excluding carboxylic acids is 1. The Morgan fingerprint density at radius 1 is 1.23 bits per heavy atom. The number of para-hydroxylation sites is 1. The van der Waals surface area contributed by atoms with E-state index < -0.39 is 12.8 Å². The molecule has 0 aliphatic heterocycles. The summed E-state index contributed by atoms with van der Waals surface area (Å²) >= 11 is 1.11. The minimum Gasteiger partial charge on any atom is -0.475 e. The summed E-state index contributed by atoms with van der Waals surface area (Å²) in [5, 5.41) is 4.21. The number of aromatic nitrogens is 1. The van der Waals surface area contributed by atoms with Crippen LogP contribution in [0, 0.1) is 5.92 Å². The molecule has 158 valence electrons. The van der Waals surface area contributed by atoms with E-state index in [1.54, 1.807) is 6.07 Å². The molecule has 3 aromatic rings. The van der Waals surface area contributed by atoms with Gasteiger partial charge in [-0.15, -0.1) is 11.3 Å². The third-order valence-electron chi connectivity index (χ3n) is 5.15. The molecular formula is C22H21F3N2O2S. The van der Waals surface area contributed by atoms with Gasteiger partial charge in [-0.25, -0.2) is 0 Å². The molecule has 1 amide bonds. The van der Waals surface area contributed by atoms with Crippen molar-refractivity contribution in [2.75, 3.05) is 6.61 Å². The number of nitrogens with one attached hydrogen (secondary N) is 1. The van der Waals surface area contributed by atoms with Crippen LogP contribution in [0.15, 0.2) is 48.5 Å². The fraction of sp³-hybridized carbons (Fsp3) is 0.364. The van der Waals surface area contributed by atoms with Crippen LogP contribution >= 0.6 is 11.3 Å². The Hall–Kier alpha value is -2.61. The van der Waals surface area contributed by atoms with Crippen LogP contribution in [0.1, 0.15) is 42.3 Å². The van der Waals surface area contributed by atoms with E-state index in [2.05, 4.69) is 11.4 Å². The fourth-order valence-corrected chi connectivity index (χ4v) is 4.39. The molecule has 4 nitrogen and oxygen atoms in total. The lowest BCUT2D eigenvalue weighted by Gasteiger charge is -2.12. The van der Waals surface area contributed by atoms with E-state index in [0.29, 0.717) is 12.3 Å². The monoisotopic (exact) mass is 434 g/mol. The minimum atomic E-state index is -4.37. The van der Waals surface area contributed by atoms with Crippen molar-refractivity contribution in [3.63, 3.8) is 0 Å². The molecule has 0 saturated heterocycles. The van der Waals surface area contributed by atoms with Gasteiger partial charge in [0.15, 0.2) is 11.7 Å². The molecule has 2 aromatic heterocycles. The van der Waals surface area contributed by atoms with Crippen molar-refractivity contribution in [3.05, 3.63) is 59.1 Å². The fourth-order valence-electron chi connectivity index (χ4n) is 3.53. The first-order valence-corrected chi connectivity index (χ1v) is 10.5. The summed E-state index contributed by atoms with van der Waals surface area (Å²) in [6, 6.07) is 14.9. The van der Waals surface area contributed by atoms with Crippen molar-refractivity contribution in [1.29, 1.82) is 0 Å². The summed E-state index contributed by atoms with van der Waals surface area (Å²) in [6.07, 6.45) is -3.03.